The summed E-state index contributed by atoms with van der Waals surface area (Å²) in [6, 6.07) is 25.0. The van der Waals surface area contributed by atoms with Gasteiger partial charge in [-0.05, 0) is 64.5 Å². The maximum atomic E-state index is 6.02. The maximum absolute atomic E-state index is 6.02. The van der Waals surface area contributed by atoms with Crippen molar-refractivity contribution in [2.45, 2.75) is 6.04 Å². The Morgan fingerprint density at radius 2 is 1.64 bits per heavy atom. The summed E-state index contributed by atoms with van der Waals surface area (Å²) in [7, 11) is 1.65. The van der Waals surface area contributed by atoms with Gasteiger partial charge < -0.3 is 10.1 Å². The van der Waals surface area contributed by atoms with E-state index in [1.54, 1.807) is 11.8 Å². The highest BCUT2D eigenvalue weighted by Crippen LogP contribution is 2.27. The lowest BCUT2D eigenvalue weighted by molar-refractivity contribution is 0.415. The lowest BCUT2D eigenvalue weighted by Crippen LogP contribution is -2.18. The lowest BCUT2D eigenvalue weighted by Gasteiger charge is -2.20. The summed E-state index contributed by atoms with van der Waals surface area (Å²) < 4.78 is 6.96. The van der Waals surface area contributed by atoms with Gasteiger partial charge in [-0.2, -0.15) is 4.68 Å². The van der Waals surface area contributed by atoms with Crippen LogP contribution in [0.4, 0.5) is 5.69 Å². The van der Waals surface area contributed by atoms with Crippen LogP contribution in [0.5, 0.6) is 5.75 Å². The highest BCUT2D eigenvalue weighted by molar-refractivity contribution is 6.30. The van der Waals surface area contributed by atoms with Crippen LogP contribution < -0.4 is 10.1 Å². The first-order chi connectivity index (χ1) is 13.7. The van der Waals surface area contributed by atoms with Crippen LogP contribution in [-0.2, 0) is 0 Å². The standard InChI is InChI=1S/C21H18ClN5O/c1-28-19-13-9-17(10-14-19)23-20(15-5-3-2-4-6-15)21-24-25-26-27(21)18-11-7-16(22)8-12-18/h2-14,20,23H,1H3. The van der Waals surface area contributed by atoms with Gasteiger partial charge >= 0.3 is 0 Å². The molecule has 1 N–H and O–H groups in total. The average molecular weight is 392 g/mol. The molecule has 28 heavy (non-hydrogen) atoms. The second-order valence-corrected chi connectivity index (χ2v) is 6.58. The molecule has 1 heterocycles. The van der Waals surface area contributed by atoms with E-state index in [1.165, 1.54) is 0 Å². The Labute approximate surface area is 167 Å². The Balaban J connectivity index is 1.74. The molecule has 7 heteroatoms. The highest BCUT2D eigenvalue weighted by atomic mass is 35.5. The molecule has 6 nitrogen and oxygen atoms in total. The Morgan fingerprint density at radius 3 is 2.32 bits per heavy atom. The molecule has 0 bridgehead atoms. The summed E-state index contributed by atoms with van der Waals surface area (Å²) in [6.45, 7) is 0. The van der Waals surface area contributed by atoms with Crippen LogP contribution >= 0.6 is 11.6 Å². The molecule has 0 radical (unpaired) electrons. The van der Waals surface area contributed by atoms with Gasteiger partial charge in [-0.3, -0.25) is 0 Å². The Morgan fingerprint density at radius 1 is 0.929 bits per heavy atom. The number of halogens is 1. The minimum atomic E-state index is -0.250. The van der Waals surface area contributed by atoms with Crippen molar-refractivity contribution in [3.63, 3.8) is 0 Å². The predicted octanol–water partition coefficient (Wildman–Crippen LogP) is 4.53. The first-order valence-electron chi connectivity index (χ1n) is 8.74. The Kier molecular flexibility index (Phi) is 5.21. The summed E-state index contributed by atoms with van der Waals surface area (Å²) in [4.78, 5) is 0. The van der Waals surface area contributed by atoms with E-state index >= 15 is 0 Å². The van der Waals surface area contributed by atoms with Gasteiger partial charge in [0.25, 0.3) is 0 Å². The third-order valence-corrected chi connectivity index (χ3v) is 4.61. The van der Waals surface area contributed by atoms with Gasteiger partial charge in [0.05, 0.1) is 12.8 Å². The number of ether oxygens (including phenoxy) is 1. The molecule has 1 unspecified atom stereocenters. The average Bonchev–Trinajstić information content (AvgIpc) is 3.23. The molecule has 0 spiro atoms. The van der Waals surface area contributed by atoms with Crippen LogP contribution in [0.3, 0.4) is 0 Å². The fourth-order valence-corrected chi connectivity index (χ4v) is 3.06. The van der Waals surface area contributed by atoms with Crippen LogP contribution in [0.2, 0.25) is 5.02 Å². The third-order valence-electron chi connectivity index (χ3n) is 4.36. The van der Waals surface area contributed by atoms with E-state index in [4.69, 9.17) is 16.3 Å². The van der Waals surface area contributed by atoms with E-state index in [1.807, 2.05) is 78.9 Å². The number of nitrogens with one attached hydrogen (secondary N) is 1. The second kappa shape index (κ2) is 8.10. The second-order valence-electron chi connectivity index (χ2n) is 6.14. The van der Waals surface area contributed by atoms with Crippen LogP contribution in [0.25, 0.3) is 5.69 Å². The van der Waals surface area contributed by atoms with Gasteiger partial charge in [0, 0.05) is 10.7 Å². The topological polar surface area (TPSA) is 64.9 Å². The first kappa shape index (κ1) is 18.0. The van der Waals surface area contributed by atoms with E-state index in [2.05, 4.69) is 20.8 Å². The van der Waals surface area contributed by atoms with E-state index in [9.17, 15) is 0 Å². The van der Waals surface area contributed by atoms with Crippen molar-refractivity contribution in [2.24, 2.45) is 0 Å². The zero-order chi connectivity index (χ0) is 19.3. The molecule has 1 aromatic heterocycles. The van der Waals surface area contributed by atoms with Crippen molar-refractivity contribution in [1.29, 1.82) is 0 Å². The molecule has 0 fully saturated rings. The molecule has 0 aliphatic carbocycles. The quantitative estimate of drug-likeness (QED) is 0.523. The Hall–Kier alpha value is -3.38. The fourth-order valence-electron chi connectivity index (χ4n) is 2.94. The molecule has 140 valence electrons. The smallest absolute Gasteiger partial charge is 0.183 e. The predicted molar refractivity (Wildman–Crippen MR) is 109 cm³/mol. The summed E-state index contributed by atoms with van der Waals surface area (Å²) in [5.41, 5.74) is 2.81. The van der Waals surface area contributed by atoms with Crippen molar-refractivity contribution in [3.05, 3.63) is 95.3 Å². The van der Waals surface area contributed by atoms with Crippen molar-refractivity contribution in [1.82, 2.24) is 20.2 Å². The summed E-state index contributed by atoms with van der Waals surface area (Å²) in [5.74, 6) is 1.47. The van der Waals surface area contributed by atoms with Crippen molar-refractivity contribution >= 4 is 17.3 Å². The zero-order valence-electron chi connectivity index (χ0n) is 15.2. The van der Waals surface area contributed by atoms with Gasteiger partial charge in [0.15, 0.2) is 5.82 Å². The van der Waals surface area contributed by atoms with Crippen molar-refractivity contribution in [3.8, 4) is 11.4 Å². The monoisotopic (exact) mass is 391 g/mol. The number of nitrogens with zero attached hydrogens (tertiary/aromatic N) is 4. The van der Waals surface area contributed by atoms with E-state index in [0.717, 1.165) is 22.7 Å². The zero-order valence-corrected chi connectivity index (χ0v) is 15.9. The molecule has 4 rings (SSSR count). The molecule has 0 aliphatic heterocycles. The minimum Gasteiger partial charge on any atom is -0.497 e. The van der Waals surface area contributed by atoms with Gasteiger partial charge in [0.1, 0.15) is 11.8 Å². The summed E-state index contributed by atoms with van der Waals surface area (Å²) in [6.07, 6.45) is 0. The minimum absolute atomic E-state index is 0.250. The highest BCUT2D eigenvalue weighted by Gasteiger charge is 2.22. The number of hydrogen-bond acceptors (Lipinski definition) is 5. The van der Waals surface area contributed by atoms with E-state index in [0.29, 0.717) is 10.8 Å². The SMILES string of the molecule is COc1ccc(NC(c2ccccc2)c2nnnn2-c2ccc(Cl)cc2)cc1. The van der Waals surface area contributed by atoms with E-state index in [-0.39, 0.29) is 6.04 Å². The fraction of sp³-hybridized carbons (Fsp3) is 0.0952. The maximum Gasteiger partial charge on any atom is 0.183 e. The molecule has 3 aromatic carbocycles. The van der Waals surface area contributed by atoms with Crippen LogP contribution in [0.1, 0.15) is 17.4 Å². The molecule has 0 aliphatic rings. The summed E-state index contributed by atoms with van der Waals surface area (Å²) >= 11 is 6.02. The van der Waals surface area contributed by atoms with Gasteiger partial charge in [-0.15, -0.1) is 5.10 Å². The number of hydrogen-bond donors (Lipinski definition) is 1. The first-order valence-corrected chi connectivity index (χ1v) is 9.12. The molecule has 1 atom stereocenters. The Bertz CT molecular complexity index is 1030. The van der Waals surface area contributed by atoms with E-state index < -0.39 is 0 Å². The van der Waals surface area contributed by atoms with Crippen LogP contribution in [-0.4, -0.2) is 27.3 Å². The molecule has 0 saturated heterocycles. The van der Waals surface area contributed by atoms with Gasteiger partial charge in [0.2, 0.25) is 0 Å². The van der Waals surface area contributed by atoms with Crippen LogP contribution in [0.15, 0.2) is 78.9 Å². The number of aromatic nitrogens is 4. The third kappa shape index (κ3) is 3.82. The number of anilines is 1. The number of tetrazole rings is 1. The number of rotatable bonds is 6. The summed E-state index contributed by atoms with van der Waals surface area (Å²) in [5, 5.41) is 16.6. The lowest BCUT2D eigenvalue weighted by atomic mass is 10.1. The van der Waals surface area contributed by atoms with Crippen LogP contribution in [0, 0.1) is 0 Å². The van der Waals surface area contributed by atoms with Gasteiger partial charge in [-0.1, -0.05) is 41.9 Å². The van der Waals surface area contributed by atoms with Gasteiger partial charge in [-0.25, -0.2) is 0 Å². The number of benzene rings is 3. The molecular weight excluding hydrogens is 374 g/mol. The normalized spacial score (nSPS) is 11.8. The molecule has 0 amide bonds. The number of methoxy groups -OCH3 is 1. The van der Waals surface area contributed by atoms with Crippen molar-refractivity contribution in [2.75, 3.05) is 12.4 Å². The molecule has 0 saturated carbocycles. The van der Waals surface area contributed by atoms with Crippen molar-refractivity contribution < 1.29 is 4.74 Å². The molecular formula is C21H18ClN5O. The largest absolute Gasteiger partial charge is 0.497 e. The molecule has 4 aromatic rings.